The maximum Gasteiger partial charge on any atom is 0.488 e. The summed E-state index contributed by atoms with van der Waals surface area (Å²) in [7, 11) is -1.47. The largest absolute Gasteiger partial charge is 0.488 e. The van der Waals surface area contributed by atoms with Crippen LogP contribution in [0.5, 0.6) is 5.88 Å². The van der Waals surface area contributed by atoms with Gasteiger partial charge in [-0.1, -0.05) is 0 Å². The quantitative estimate of drug-likeness (QED) is 0.620. The molecule has 0 saturated heterocycles. The maximum atomic E-state index is 8.85. The van der Waals surface area contributed by atoms with Gasteiger partial charge in [0.25, 0.3) is 0 Å². The van der Waals surface area contributed by atoms with E-state index < -0.39 is 7.12 Å². The van der Waals surface area contributed by atoms with E-state index in [2.05, 4.69) is 4.98 Å². The summed E-state index contributed by atoms with van der Waals surface area (Å²) in [5, 5.41) is 17.7. The molecule has 0 radical (unpaired) electrons. The van der Waals surface area contributed by atoms with Crippen molar-refractivity contribution in [3.8, 4) is 5.88 Å². The lowest BCUT2D eigenvalue weighted by molar-refractivity contribution is 0.233. The molecule has 2 N–H and O–H groups in total. The minimum absolute atomic E-state index is 0.0265. The molecule has 0 amide bonds. The lowest BCUT2D eigenvalue weighted by atomic mass is 9.81. The Labute approximate surface area is 77.3 Å². The van der Waals surface area contributed by atoms with Gasteiger partial charge in [-0.2, -0.15) is 0 Å². The summed E-state index contributed by atoms with van der Waals surface area (Å²) in [6.45, 7) is 3.76. The van der Waals surface area contributed by atoms with Gasteiger partial charge in [-0.05, 0) is 25.4 Å². The SMILES string of the molecule is CC(C)Oc1cc(B(O)O)ccn1. The molecule has 70 valence electrons. The Balaban J connectivity index is 2.79. The van der Waals surface area contributed by atoms with Gasteiger partial charge in [-0.3, -0.25) is 0 Å². The van der Waals surface area contributed by atoms with Crippen molar-refractivity contribution in [1.29, 1.82) is 0 Å². The first-order valence-corrected chi connectivity index (χ1v) is 4.08. The summed E-state index contributed by atoms with van der Waals surface area (Å²) in [5.74, 6) is 0.403. The minimum atomic E-state index is -1.47. The Morgan fingerprint density at radius 2 is 2.15 bits per heavy atom. The van der Waals surface area contributed by atoms with Gasteiger partial charge in [0.2, 0.25) is 5.88 Å². The monoisotopic (exact) mass is 181 g/mol. The average Bonchev–Trinajstić information content (AvgIpc) is 2.03. The second kappa shape index (κ2) is 4.25. The van der Waals surface area contributed by atoms with Crippen molar-refractivity contribution in [1.82, 2.24) is 4.98 Å². The zero-order chi connectivity index (χ0) is 9.84. The van der Waals surface area contributed by atoms with E-state index >= 15 is 0 Å². The molecular formula is C8H12BNO3. The second-order valence-corrected chi connectivity index (χ2v) is 2.97. The first-order chi connectivity index (χ1) is 6.09. The topological polar surface area (TPSA) is 62.6 Å². The van der Waals surface area contributed by atoms with Crippen LogP contribution < -0.4 is 10.2 Å². The molecule has 0 unspecified atom stereocenters. The lowest BCUT2D eigenvalue weighted by Gasteiger charge is -2.08. The van der Waals surface area contributed by atoms with Crippen molar-refractivity contribution in [2.75, 3.05) is 0 Å². The second-order valence-electron chi connectivity index (χ2n) is 2.97. The molecule has 1 aromatic rings. The van der Waals surface area contributed by atoms with Crippen LogP contribution in [0.15, 0.2) is 18.3 Å². The predicted octanol–water partition coefficient (Wildman–Crippen LogP) is -0.451. The van der Waals surface area contributed by atoms with E-state index in [4.69, 9.17) is 14.8 Å². The predicted molar refractivity (Wildman–Crippen MR) is 49.8 cm³/mol. The average molecular weight is 181 g/mol. The third-order valence-electron chi connectivity index (χ3n) is 1.41. The number of hydrogen-bond donors (Lipinski definition) is 2. The van der Waals surface area contributed by atoms with Gasteiger partial charge in [0.05, 0.1) is 6.10 Å². The van der Waals surface area contributed by atoms with Crippen LogP contribution in [0.25, 0.3) is 0 Å². The molecule has 0 aliphatic carbocycles. The summed E-state index contributed by atoms with van der Waals surface area (Å²) in [5.41, 5.74) is 0.380. The summed E-state index contributed by atoms with van der Waals surface area (Å²) in [6, 6.07) is 3.03. The fourth-order valence-electron chi connectivity index (χ4n) is 0.891. The van der Waals surface area contributed by atoms with E-state index in [-0.39, 0.29) is 6.10 Å². The fraction of sp³-hybridized carbons (Fsp3) is 0.375. The van der Waals surface area contributed by atoms with E-state index in [1.165, 1.54) is 18.3 Å². The Bertz CT molecular complexity index is 278. The van der Waals surface area contributed by atoms with Crippen LogP contribution in [0.4, 0.5) is 0 Å². The summed E-state index contributed by atoms with van der Waals surface area (Å²) in [4.78, 5) is 3.92. The Morgan fingerprint density at radius 3 is 2.69 bits per heavy atom. The Hall–Kier alpha value is -1.07. The number of hydrogen-bond acceptors (Lipinski definition) is 4. The first kappa shape index (κ1) is 10.0. The molecule has 0 saturated carbocycles. The van der Waals surface area contributed by atoms with Crippen molar-refractivity contribution < 1.29 is 14.8 Å². The molecule has 13 heavy (non-hydrogen) atoms. The highest BCUT2D eigenvalue weighted by molar-refractivity contribution is 6.58. The van der Waals surface area contributed by atoms with E-state index in [0.29, 0.717) is 11.3 Å². The molecule has 1 rings (SSSR count). The third-order valence-corrected chi connectivity index (χ3v) is 1.41. The van der Waals surface area contributed by atoms with Crippen LogP contribution in [-0.2, 0) is 0 Å². The number of aromatic nitrogens is 1. The molecule has 0 aliphatic rings. The van der Waals surface area contributed by atoms with Gasteiger partial charge in [0.15, 0.2) is 0 Å². The van der Waals surface area contributed by atoms with Crippen LogP contribution in [0, 0.1) is 0 Å². The maximum absolute atomic E-state index is 8.85. The normalized spacial score (nSPS) is 10.2. The van der Waals surface area contributed by atoms with Gasteiger partial charge < -0.3 is 14.8 Å². The zero-order valence-corrected chi connectivity index (χ0v) is 7.64. The molecule has 0 atom stereocenters. The molecule has 0 bridgehead atoms. The lowest BCUT2D eigenvalue weighted by Crippen LogP contribution is -2.30. The molecule has 0 aliphatic heterocycles. The Kier molecular flexibility index (Phi) is 3.28. The molecule has 5 heteroatoms. The van der Waals surface area contributed by atoms with Crippen molar-refractivity contribution in [3.05, 3.63) is 18.3 Å². The van der Waals surface area contributed by atoms with Crippen LogP contribution >= 0.6 is 0 Å². The highest BCUT2D eigenvalue weighted by atomic mass is 16.5. The molecule has 1 heterocycles. The molecule has 0 aromatic carbocycles. The van der Waals surface area contributed by atoms with Crippen LogP contribution in [0.1, 0.15) is 13.8 Å². The van der Waals surface area contributed by atoms with Gasteiger partial charge in [0, 0.05) is 12.3 Å². The van der Waals surface area contributed by atoms with Crippen molar-refractivity contribution in [2.24, 2.45) is 0 Å². The standard InChI is InChI=1S/C8H12BNO3/c1-6(2)13-8-5-7(9(11)12)3-4-10-8/h3-6,11-12H,1-2H3. The first-order valence-electron chi connectivity index (χ1n) is 4.08. The number of ether oxygens (including phenoxy) is 1. The van der Waals surface area contributed by atoms with Gasteiger partial charge >= 0.3 is 7.12 Å². The smallest absolute Gasteiger partial charge is 0.475 e. The summed E-state index contributed by atoms with van der Waals surface area (Å²) < 4.78 is 5.27. The molecule has 1 aromatic heterocycles. The number of rotatable bonds is 3. The summed E-state index contributed by atoms with van der Waals surface area (Å²) >= 11 is 0. The van der Waals surface area contributed by atoms with E-state index in [9.17, 15) is 0 Å². The molecule has 0 fully saturated rings. The molecule has 4 nitrogen and oxygen atoms in total. The number of nitrogens with zero attached hydrogens (tertiary/aromatic N) is 1. The highest BCUT2D eigenvalue weighted by Gasteiger charge is 2.11. The van der Waals surface area contributed by atoms with Gasteiger partial charge in [-0.25, -0.2) is 4.98 Å². The number of pyridine rings is 1. The van der Waals surface area contributed by atoms with Crippen molar-refractivity contribution in [3.63, 3.8) is 0 Å². The fourth-order valence-corrected chi connectivity index (χ4v) is 0.891. The van der Waals surface area contributed by atoms with Crippen molar-refractivity contribution in [2.45, 2.75) is 20.0 Å². The van der Waals surface area contributed by atoms with Gasteiger partial charge in [0.1, 0.15) is 0 Å². The highest BCUT2D eigenvalue weighted by Crippen LogP contribution is 2.04. The van der Waals surface area contributed by atoms with Crippen LogP contribution in [0.3, 0.4) is 0 Å². The van der Waals surface area contributed by atoms with Gasteiger partial charge in [-0.15, -0.1) is 0 Å². The summed E-state index contributed by atoms with van der Waals surface area (Å²) in [6.07, 6.45) is 1.51. The third kappa shape index (κ3) is 3.04. The van der Waals surface area contributed by atoms with E-state index in [0.717, 1.165) is 0 Å². The van der Waals surface area contributed by atoms with E-state index in [1.807, 2.05) is 13.8 Å². The van der Waals surface area contributed by atoms with E-state index in [1.54, 1.807) is 0 Å². The molecule has 0 spiro atoms. The van der Waals surface area contributed by atoms with Crippen LogP contribution in [0.2, 0.25) is 0 Å². The van der Waals surface area contributed by atoms with Crippen LogP contribution in [-0.4, -0.2) is 28.3 Å². The zero-order valence-electron chi connectivity index (χ0n) is 7.64. The Morgan fingerprint density at radius 1 is 1.46 bits per heavy atom. The van der Waals surface area contributed by atoms with Crippen molar-refractivity contribution >= 4 is 12.6 Å². The molecular weight excluding hydrogens is 169 g/mol. The minimum Gasteiger partial charge on any atom is -0.475 e.